The molecule has 1 aliphatic rings. The van der Waals surface area contributed by atoms with Gasteiger partial charge in [0.1, 0.15) is 0 Å². The lowest BCUT2D eigenvalue weighted by molar-refractivity contribution is -0.137. The fraction of sp³-hybridized carbons (Fsp3) is 0.500. The van der Waals surface area contributed by atoms with E-state index >= 15 is 0 Å². The summed E-state index contributed by atoms with van der Waals surface area (Å²) in [5, 5.41) is 13.9. The van der Waals surface area contributed by atoms with Crippen molar-refractivity contribution in [2.75, 3.05) is 37.7 Å². The molecule has 0 saturated carbocycles. The number of hydrogen-bond acceptors (Lipinski definition) is 4. The number of morpholine rings is 1. The van der Waals surface area contributed by atoms with Crippen molar-refractivity contribution in [1.29, 1.82) is 0 Å². The fourth-order valence-corrected chi connectivity index (χ4v) is 2.37. The number of carbonyl (C=O) groups excluding carboxylic acids is 1. The molecule has 2 amide bonds. The molecule has 0 spiro atoms. The Labute approximate surface area is 135 Å². The second-order valence-electron chi connectivity index (χ2n) is 5.38. The largest absolute Gasteiger partial charge is 0.481 e. The van der Waals surface area contributed by atoms with Gasteiger partial charge >= 0.3 is 12.0 Å². The van der Waals surface area contributed by atoms with Gasteiger partial charge in [-0.25, -0.2) is 4.79 Å². The number of hydrogen-bond donors (Lipinski definition) is 3. The Morgan fingerprint density at radius 2 is 2.00 bits per heavy atom. The highest BCUT2D eigenvalue weighted by molar-refractivity contribution is 5.74. The van der Waals surface area contributed by atoms with Crippen molar-refractivity contribution in [3.8, 4) is 0 Å². The first-order chi connectivity index (χ1) is 11.1. The van der Waals surface area contributed by atoms with Crippen molar-refractivity contribution >= 4 is 17.7 Å². The summed E-state index contributed by atoms with van der Waals surface area (Å²) >= 11 is 0. The molecule has 1 fully saturated rings. The summed E-state index contributed by atoms with van der Waals surface area (Å²) < 4.78 is 5.35. The topological polar surface area (TPSA) is 90.9 Å². The lowest BCUT2D eigenvalue weighted by Gasteiger charge is -2.29. The van der Waals surface area contributed by atoms with Crippen molar-refractivity contribution in [1.82, 2.24) is 10.6 Å². The van der Waals surface area contributed by atoms with Crippen LogP contribution < -0.4 is 15.5 Å². The third-order valence-corrected chi connectivity index (χ3v) is 3.59. The van der Waals surface area contributed by atoms with Crippen LogP contribution in [0.2, 0.25) is 0 Å². The Balaban J connectivity index is 1.74. The molecule has 0 radical (unpaired) electrons. The first-order valence-corrected chi connectivity index (χ1v) is 7.80. The first kappa shape index (κ1) is 17.1. The number of rotatable bonds is 7. The number of carboxylic acids is 1. The van der Waals surface area contributed by atoms with Crippen LogP contribution in [0, 0.1) is 0 Å². The average Bonchev–Trinajstić information content (AvgIpc) is 2.58. The number of carboxylic acid groups (broad SMARTS) is 1. The van der Waals surface area contributed by atoms with E-state index in [0.717, 1.165) is 37.6 Å². The molecule has 23 heavy (non-hydrogen) atoms. The van der Waals surface area contributed by atoms with Crippen LogP contribution in [0.15, 0.2) is 24.3 Å². The maximum atomic E-state index is 11.7. The molecule has 7 nitrogen and oxygen atoms in total. The van der Waals surface area contributed by atoms with Crippen LogP contribution in [0.5, 0.6) is 0 Å². The second kappa shape index (κ2) is 8.99. The van der Waals surface area contributed by atoms with E-state index in [1.165, 1.54) is 0 Å². The summed E-state index contributed by atoms with van der Waals surface area (Å²) in [6.07, 6.45) is 0.483. The van der Waals surface area contributed by atoms with E-state index in [9.17, 15) is 9.59 Å². The van der Waals surface area contributed by atoms with Crippen molar-refractivity contribution in [2.45, 2.75) is 19.4 Å². The van der Waals surface area contributed by atoms with Gasteiger partial charge in [0.2, 0.25) is 0 Å². The lowest BCUT2D eigenvalue weighted by atomic mass is 10.2. The molecule has 1 aromatic rings. The summed E-state index contributed by atoms with van der Waals surface area (Å²) in [5.41, 5.74) is 2.16. The number of amides is 2. The van der Waals surface area contributed by atoms with Crippen molar-refractivity contribution in [3.63, 3.8) is 0 Å². The third-order valence-electron chi connectivity index (χ3n) is 3.59. The molecule has 0 aromatic heterocycles. The molecule has 0 unspecified atom stereocenters. The number of carbonyl (C=O) groups is 2. The highest BCUT2D eigenvalue weighted by Gasteiger charge is 2.11. The molecule has 1 heterocycles. The van der Waals surface area contributed by atoms with E-state index in [1.54, 1.807) is 0 Å². The van der Waals surface area contributed by atoms with Gasteiger partial charge in [0.05, 0.1) is 13.2 Å². The number of nitrogens with zero attached hydrogens (tertiary/aromatic N) is 1. The third kappa shape index (κ3) is 6.15. The molecule has 3 N–H and O–H groups in total. The van der Waals surface area contributed by atoms with Crippen LogP contribution >= 0.6 is 0 Å². The molecule has 0 bridgehead atoms. The maximum absolute atomic E-state index is 11.7. The van der Waals surface area contributed by atoms with Crippen molar-refractivity contribution in [3.05, 3.63) is 29.8 Å². The van der Waals surface area contributed by atoms with Crippen LogP contribution in [0.4, 0.5) is 10.5 Å². The van der Waals surface area contributed by atoms with Gasteiger partial charge in [-0.3, -0.25) is 4.79 Å². The van der Waals surface area contributed by atoms with Crippen LogP contribution in [-0.2, 0) is 16.1 Å². The van der Waals surface area contributed by atoms with Crippen LogP contribution in [-0.4, -0.2) is 50.0 Å². The smallest absolute Gasteiger partial charge is 0.315 e. The lowest BCUT2D eigenvalue weighted by Crippen LogP contribution is -2.37. The molecule has 2 rings (SSSR count). The minimum Gasteiger partial charge on any atom is -0.481 e. The quantitative estimate of drug-likeness (QED) is 0.656. The molecule has 1 aromatic carbocycles. The standard InChI is InChI=1S/C16H23N3O4/c20-15(21)5-2-6-17-16(22)18-12-13-3-1-4-14(11-13)19-7-9-23-10-8-19/h1,3-4,11H,2,5-10,12H2,(H,20,21)(H2,17,18,22). The van der Waals surface area contributed by atoms with Crippen molar-refractivity contribution < 1.29 is 19.4 Å². The monoisotopic (exact) mass is 321 g/mol. The van der Waals surface area contributed by atoms with E-state index in [4.69, 9.17) is 9.84 Å². The Kier molecular flexibility index (Phi) is 6.68. The van der Waals surface area contributed by atoms with Gasteiger partial charge in [0, 0.05) is 38.3 Å². The van der Waals surface area contributed by atoms with E-state index in [1.807, 2.05) is 12.1 Å². The van der Waals surface area contributed by atoms with Crippen LogP contribution in [0.1, 0.15) is 18.4 Å². The number of anilines is 1. The molecule has 7 heteroatoms. The number of aliphatic carboxylic acids is 1. The SMILES string of the molecule is O=C(O)CCCNC(=O)NCc1cccc(N2CCOCC2)c1. The Morgan fingerprint density at radius 3 is 2.74 bits per heavy atom. The minimum atomic E-state index is -0.855. The Bertz CT molecular complexity index is 530. The zero-order valence-corrected chi connectivity index (χ0v) is 13.1. The van der Waals surface area contributed by atoms with Gasteiger partial charge in [-0.05, 0) is 24.1 Å². The highest BCUT2D eigenvalue weighted by atomic mass is 16.5. The van der Waals surface area contributed by atoms with E-state index in [-0.39, 0.29) is 12.5 Å². The van der Waals surface area contributed by atoms with Gasteiger partial charge in [0.15, 0.2) is 0 Å². The summed E-state index contributed by atoms with van der Waals surface area (Å²) in [4.78, 5) is 24.3. The number of ether oxygens (including phenoxy) is 1. The highest BCUT2D eigenvalue weighted by Crippen LogP contribution is 2.17. The summed E-state index contributed by atoms with van der Waals surface area (Å²) in [6, 6.07) is 7.78. The van der Waals surface area contributed by atoms with E-state index in [0.29, 0.717) is 19.5 Å². The average molecular weight is 321 g/mol. The Morgan fingerprint density at radius 1 is 1.22 bits per heavy atom. The number of nitrogens with one attached hydrogen (secondary N) is 2. The molecule has 0 atom stereocenters. The second-order valence-corrected chi connectivity index (χ2v) is 5.38. The zero-order valence-electron chi connectivity index (χ0n) is 13.1. The van der Waals surface area contributed by atoms with Gasteiger partial charge in [-0.2, -0.15) is 0 Å². The van der Waals surface area contributed by atoms with E-state index < -0.39 is 5.97 Å². The minimum absolute atomic E-state index is 0.0574. The van der Waals surface area contributed by atoms with Gasteiger partial charge in [-0.15, -0.1) is 0 Å². The number of benzene rings is 1. The molecule has 0 aliphatic carbocycles. The maximum Gasteiger partial charge on any atom is 0.315 e. The van der Waals surface area contributed by atoms with Crippen molar-refractivity contribution in [2.24, 2.45) is 0 Å². The van der Waals surface area contributed by atoms with E-state index in [2.05, 4.69) is 27.7 Å². The molecule has 1 aliphatic heterocycles. The Hall–Kier alpha value is -2.28. The van der Waals surface area contributed by atoms with Crippen LogP contribution in [0.3, 0.4) is 0 Å². The predicted octanol–water partition coefficient (Wildman–Crippen LogP) is 1.19. The summed E-state index contributed by atoms with van der Waals surface area (Å²) in [5.74, 6) is -0.855. The zero-order chi connectivity index (χ0) is 16.5. The first-order valence-electron chi connectivity index (χ1n) is 7.80. The molecule has 126 valence electrons. The molecule has 1 saturated heterocycles. The predicted molar refractivity (Wildman–Crippen MR) is 86.6 cm³/mol. The molecular formula is C16H23N3O4. The normalized spacial score (nSPS) is 14.3. The fourth-order valence-electron chi connectivity index (χ4n) is 2.37. The summed E-state index contributed by atoms with van der Waals surface area (Å²) in [7, 11) is 0. The van der Waals surface area contributed by atoms with Crippen LogP contribution in [0.25, 0.3) is 0 Å². The molecular weight excluding hydrogens is 298 g/mol. The van der Waals surface area contributed by atoms with Gasteiger partial charge < -0.3 is 25.4 Å². The summed E-state index contributed by atoms with van der Waals surface area (Å²) in [6.45, 7) is 4.01. The van der Waals surface area contributed by atoms with Gasteiger partial charge in [-0.1, -0.05) is 12.1 Å². The number of urea groups is 1. The van der Waals surface area contributed by atoms with Gasteiger partial charge in [0.25, 0.3) is 0 Å².